The molecule has 75 heavy (non-hydrogen) atoms. The minimum atomic E-state index is -2.37. The molecule has 3 N–H and O–H groups in total. The quantitative estimate of drug-likeness (QED) is 0.0454. The number of aromatic hydroxyl groups is 1. The Morgan fingerprint density at radius 2 is 1.40 bits per heavy atom. The Morgan fingerprint density at radius 1 is 0.840 bits per heavy atom. The van der Waals surface area contributed by atoms with Crippen molar-refractivity contribution >= 4 is 22.7 Å². The number of hydrogen-bond donors (Lipinski definition) is 3. The van der Waals surface area contributed by atoms with Crippen LogP contribution in [0.3, 0.4) is 0 Å². The number of nitrogens with one attached hydrogen (secondary N) is 2. The number of rotatable bonds is 24. The molecule has 0 saturated carbocycles. The minimum Gasteiger partial charge on any atom is -0.541 e. The highest BCUT2D eigenvalue weighted by Crippen LogP contribution is 2.47. The van der Waals surface area contributed by atoms with E-state index < -0.39 is 41.0 Å². The summed E-state index contributed by atoms with van der Waals surface area (Å²) in [6.45, 7) is 37.4. The van der Waals surface area contributed by atoms with Gasteiger partial charge in [0.2, 0.25) is 0 Å². The Bertz CT molecular complexity index is 2580. The predicted octanol–water partition coefficient (Wildman–Crippen LogP) is 11.8. The summed E-state index contributed by atoms with van der Waals surface area (Å²) in [7, 11) is 2.03. The Kier molecular flexibility index (Phi) is 19.8. The number of fused-ring (bicyclic) bond motifs is 3. The number of morpholine rings is 1. The Hall–Kier alpha value is -5.29. The van der Waals surface area contributed by atoms with E-state index in [1.807, 2.05) is 44.2 Å². The van der Waals surface area contributed by atoms with Gasteiger partial charge in [-0.25, -0.2) is 16.3 Å². The number of nitrogens with zero attached hydrogens (tertiary/aromatic N) is 2. The van der Waals surface area contributed by atoms with E-state index >= 15 is 0 Å². The van der Waals surface area contributed by atoms with Crippen LogP contribution in [0.15, 0.2) is 60.7 Å². The van der Waals surface area contributed by atoms with E-state index in [9.17, 15) is 9.90 Å². The van der Waals surface area contributed by atoms with Crippen molar-refractivity contribution in [3.63, 3.8) is 0 Å². The number of hydrogen-bond acceptors (Lipinski definition) is 12. The molecular weight excluding hydrogens is 981 g/mol. The van der Waals surface area contributed by atoms with Crippen LogP contribution in [-0.2, 0) is 26.7 Å². The van der Waals surface area contributed by atoms with Gasteiger partial charge in [-0.3, -0.25) is 4.85 Å². The van der Waals surface area contributed by atoms with Crippen LogP contribution >= 0.6 is 0 Å². The van der Waals surface area contributed by atoms with E-state index in [0.29, 0.717) is 96.5 Å². The van der Waals surface area contributed by atoms with Crippen molar-refractivity contribution < 1.29 is 47.2 Å². The average Bonchev–Trinajstić information content (AvgIpc) is 3.68. The van der Waals surface area contributed by atoms with Crippen LogP contribution in [-0.4, -0.2) is 125 Å². The first-order valence-corrected chi connectivity index (χ1v) is 32.1. The molecule has 1 saturated heterocycles. The number of phenols is 1. The number of benzene rings is 4. The largest absolute Gasteiger partial charge is 0.541 e. The summed E-state index contributed by atoms with van der Waals surface area (Å²) in [6.07, 6.45) is -0.103. The molecule has 1 fully saturated rings. The summed E-state index contributed by atoms with van der Waals surface area (Å²) < 4.78 is 50.0. The smallest absolute Gasteiger partial charge is 0.407 e. The molecule has 6 rings (SSSR count). The number of carbonyl (C=O) groups excluding carboxylic acids is 1. The van der Waals surface area contributed by atoms with Crippen LogP contribution in [0.25, 0.3) is 16.0 Å². The molecule has 3 unspecified atom stereocenters. The second-order valence-corrected chi connectivity index (χ2v) is 32.3. The van der Waals surface area contributed by atoms with Gasteiger partial charge < -0.3 is 53.0 Å². The molecule has 4 atom stereocenters. The summed E-state index contributed by atoms with van der Waals surface area (Å²) in [6, 6.07) is 19.0. The first kappa shape index (κ1) is 59.0. The van der Waals surface area contributed by atoms with Crippen molar-refractivity contribution in [2.45, 2.75) is 148 Å². The molecule has 1 heterocycles. The van der Waals surface area contributed by atoms with Crippen molar-refractivity contribution in [3.8, 4) is 45.6 Å². The normalized spacial score (nSPS) is 16.4. The standard InChI is InChI=1S/C59H86N4O10Si2/c1-37(2)75(17,38(3)4)72-28-26-44-35-63(27-29-70-44)57(60-10)50(31-42-32-51(64)55(68-13)39(5)53(42)66-11)61-34-43(30-41-33-52(73-74(15,16)59(7,8)9)56(69-14)40(6)54(41)67-12)62-58(65)71-36-49-47-24-20-18-22-45(47)46-23-19-21-25-48(46)49/h18-25,32-33,37-38,43-44,49-50,57,61,64H,26-31,34-36H2,1-9,11-17H3,(H,62,65)/t43?,44-,50?,57?/m0/s1. The molecule has 410 valence electrons. The van der Waals surface area contributed by atoms with Crippen LogP contribution in [0.4, 0.5) is 4.79 Å². The topological polar surface area (TPSA) is 143 Å². The van der Waals surface area contributed by atoms with Crippen LogP contribution in [0, 0.1) is 20.4 Å². The minimum absolute atomic E-state index is 0.0267. The number of carbonyl (C=O) groups is 1. The molecule has 1 aliphatic heterocycles. The lowest BCUT2D eigenvalue weighted by Crippen LogP contribution is -2.57. The predicted molar refractivity (Wildman–Crippen MR) is 303 cm³/mol. The fraction of sp³-hybridized carbons (Fsp3) is 0.559. The number of phenolic OH excluding ortho intramolecular Hbond substituents is 1. The van der Waals surface area contributed by atoms with Gasteiger partial charge in [0.15, 0.2) is 25.6 Å². The zero-order valence-electron chi connectivity index (χ0n) is 47.7. The molecule has 2 aliphatic rings. The molecule has 0 radical (unpaired) electrons. The lowest BCUT2D eigenvalue weighted by Gasteiger charge is -2.38. The molecule has 0 bridgehead atoms. The summed E-state index contributed by atoms with van der Waals surface area (Å²) in [5.74, 6) is 2.54. The summed E-state index contributed by atoms with van der Waals surface area (Å²) >= 11 is 0. The first-order valence-electron chi connectivity index (χ1n) is 26.6. The van der Waals surface area contributed by atoms with Crippen molar-refractivity contribution in [2.24, 2.45) is 0 Å². The number of methoxy groups -OCH3 is 4. The highest BCUT2D eigenvalue weighted by Gasteiger charge is 2.42. The van der Waals surface area contributed by atoms with E-state index in [0.717, 1.165) is 33.4 Å². The first-order chi connectivity index (χ1) is 35.5. The van der Waals surface area contributed by atoms with Gasteiger partial charge in [0.1, 0.15) is 29.9 Å². The van der Waals surface area contributed by atoms with E-state index in [-0.39, 0.29) is 36.0 Å². The van der Waals surface area contributed by atoms with E-state index in [2.05, 4.69) is 113 Å². The monoisotopic (exact) mass is 1070 g/mol. The molecule has 0 aromatic heterocycles. The number of ether oxygens (including phenoxy) is 6. The fourth-order valence-corrected chi connectivity index (χ4v) is 14.2. The zero-order chi connectivity index (χ0) is 55.0. The summed E-state index contributed by atoms with van der Waals surface area (Å²) in [4.78, 5) is 20.9. The highest BCUT2D eigenvalue weighted by atomic mass is 28.4. The Labute approximate surface area is 450 Å². The van der Waals surface area contributed by atoms with Crippen molar-refractivity contribution in [2.75, 3.05) is 67.9 Å². The molecular formula is C59H86N4O10Si2. The maximum absolute atomic E-state index is 14.4. The van der Waals surface area contributed by atoms with Crippen molar-refractivity contribution in [1.82, 2.24) is 15.5 Å². The van der Waals surface area contributed by atoms with Crippen LogP contribution in [0.1, 0.15) is 94.2 Å². The number of alkyl carbamates (subject to hydrolysis) is 1. The van der Waals surface area contributed by atoms with Gasteiger partial charge in [0.25, 0.3) is 14.5 Å². The van der Waals surface area contributed by atoms with Gasteiger partial charge in [-0.15, -0.1) is 0 Å². The Balaban J connectivity index is 1.36. The van der Waals surface area contributed by atoms with Gasteiger partial charge in [-0.2, -0.15) is 0 Å². The second kappa shape index (κ2) is 25.2. The number of amides is 1. The van der Waals surface area contributed by atoms with Gasteiger partial charge >= 0.3 is 6.09 Å². The summed E-state index contributed by atoms with van der Waals surface area (Å²) in [5, 5.41) is 18.2. The van der Waals surface area contributed by atoms with Gasteiger partial charge in [0.05, 0.1) is 41.2 Å². The second-order valence-electron chi connectivity index (χ2n) is 22.6. The third-order valence-corrected chi connectivity index (χ3v) is 26.1. The lowest BCUT2D eigenvalue weighted by molar-refractivity contribution is -0.0497. The Morgan fingerprint density at radius 3 is 1.95 bits per heavy atom. The van der Waals surface area contributed by atoms with Gasteiger partial charge in [0, 0.05) is 66.9 Å². The molecule has 4 aromatic rings. The maximum Gasteiger partial charge on any atom is 0.407 e. The summed E-state index contributed by atoms with van der Waals surface area (Å²) in [5.41, 5.74) is 8.37. The zero-order valence-corrected chi connectivity index (χ0v) is 49.7. The highest BCUT2D eigenvalue weighted by molar-refractivity contribution is 6.75. The maximum atomic E-state index is 14.4. The van der Waals surface area contributed by atoms with Crippen LogP contribution < -0.4 is 34.0 Å². The van der Waals surface area contributed by atoms with Crippen molar-refractivity contribution in [1.29, 1.82) is 0 Å². The molecule has 14 nitrogen and oxygen atoms in total. The molecule has 1 aliphatic carbocycles. The van der Waals surface area contributed by atoms with Crippen molar-refractivity contribution in [3.05, 3.63) is 105 Å². The molecule has 0 spiro atoms. The molecule has 1 amide bonds. The lowest BCUT2D eigenvalue weighted by atomic mass is 9.97. The molecule has 4 aromatic carbocycles. The van der Waals surface area contributed by atoms with Crippen LogP contribution in [0.5, 0.6) is 34.5 Å². The fourth-order valence-electron chi connectivity index (χ4n) is 10.6. The van der Waals surface area contributed by atoms with Gasteiger partial charge in [-0.05, 0) is 96.8 Å². The van der Waals surface area contributed by atoms with E-state index in [4.69, 9.17) is 43.8 Å². The van der Waals surface area contributed by atoms with Gasteiger partial charge in [-0.1, -0.05) is 97.0 Å². The average molecular weight is 1070 g/mol. The van der Waals surface area contributed by atoms with E-state index in [1.165, 1.54) is 7.11 Å². The third-order valence-electron chi connectivity index (χ3n) is 16.4. The molecule has 16 heteroatoms. The third kappa shape index (κ3) is 13.3. The van der Waals surface area contributed by atoms with Crippen LogP contribution in [0.2, 0.25) is 35.8 Å². The SMILES string of the molecule is [C-]#[N+]C(C(Cc1cc(O)c(OC)c(C)c1OC)NCC(Cc1cc(O[Si](C)(C)C(C)(C)C)c(OC)c(C)c1OC)NC(=O)OCC1c2ccccc2-c2ccccc21)N1CCO[C@@H](CCO[Si](C)(C(C)C)C(C)C)C1. The van der Waals surface area contributed by atoms with E-state index in [1.54, 1.807) is 27.4 Å².